The largest absolute Gasteiger partial charge is 0.368 e. The van der Waals surface area contributed by atoms with Crippen molar-refractivity contribution in [2.24, 2.45) is 0 Å². The Morgan fingerprint density at radius 1 is 1.16 bits per heavy atom. The van der Waals surface area contributed by atoms with Crippen molar-refractivity contribution in [1.82, 2.24) is 15.3 Å². The van der Waals surface area contributed by atoms with Gasteiger partial charge in [-0.25, -0.2) is 4.98 Å². The van der Waals surface area contributed by atoms with Gasteiger partial charge in [-0.05, 0) is 37.0 Å². The average molecular weight is 335 g/mol. The molecule has 1 saturated heterocycles. The minimum atomic E-state index is -0.288. The number of hydrogen-bond donors (Lipinski definition) is 2. The second kappa shape index (κ2) is 7.07. The highest BCUT2D eigenvalue weighted by atomic mass is 16.5. The van der Waals surface area contributed by atoms with Crippen LogP contribution in [0.1, 0.15) is 24.8 Å². The van der Waals surface area contributed by atoms with Crippen molar-refractivity contribution in [2.75, 3.05) is 6.61 Å². The number of aromatic nitrogens is 2. The van der Waals surface area contributed by atoms with E-state index in [1.807, 2.05) is 48.5 Å². The lowest BCUT2D eigenvalue weighted by Crippen LogP contribution is -2.37. The molecule has 1 aliphatic rings. The molecule has 1 amide bonds. The van der Waals surface area contributed by atoms with Crippen LogP contribution in [0.15, 0.2) is 48.5 Å². The minimum Gasteiger partial charge on any atom is -0.368 e. The first-order valence-electron chi connectivity index (χ1n) is 8.73. The normalized spacial score (nSPS) is 17.5. The van der Waals surface area contributed by atoms with Gasteiger partial charge in [0.05, 0.1) is 11.0 Å². The van der Waals surface area contributed by atoms with E-state index in [2.05, 4.69) is 15.3 Å². The van der Waals surface area contributed by atoms with Crippen LogP contribution in [0.2, 0.25) is 0 Å². The molecule has 1 fully saturated rings. The molecule has 0 spiro atoms. The van der Waals surface area contributed by atoms with Gasteiger partial charge in [0.25, 0.3) is 0 Å². The fourth-order valence-corrected chi connectivity index (χ4v) is 3.12. The van der Waals surface area contributed by atoms with Crippen molar-refractivity contribution in [3.05, 3.63) is 54.1 Å². The van der Waals surface area contributed by atoms with Gasteiger partial charge in [-0.3, -0.25) is 4.79 Å². The summed E-state index contributed by atoms with van der Waals surface area (Å²) in [5.74, 6) is 0.841. The summed E-state index contributed by atoms with van der Waals surface area (Å²) in [5, 5.41) is 2.96. The molecule has 1 atom stereocenters. The Bertz CT molecular complexity index is 831. The molecule has 25 heavy (non-hydrogen) atoms. The number of rotatable bonds is 4. The second-order valence-corrected chi connectivity index (χ2v) is 6.37. The summed E-state index contributed by atoms with van der Waals surface area (Å²) in [7, 11) is 0. The van der Waals surface area contributed by atoms with Crippen LogP contribution in [0.3, 0.4) is 0 Å². The van der Waals surface area contributed by atoms with Crippen LogP contribution in [-0.4, -0.2) is 28.6 Å². The molecule has 2 heterocycles. The average Bonchev–Trinajstić information content (AvgIpc) is 3.11. The number of H-pyrrole nitrogens is 1. The third-order valence-corrected chi connectivity index (χ3v) is 4.56. The standard InChI is InChI=1S/C20H21N3O2/c24-20(18-7-3-4-12-25-18)21-13-14-8-10-15(11-9-14)19-22-16-5-1-2-6-17(16)23-19/h1-2,5-6,8-11,18H,3-4,7,12-13H2,(H,21,24)(H,22,23). The quantitative estimate of drug-likeness (QED) is 0.768. The fraction of sp³-hybridized carbons (Fsp3) is 0.300. The molecule has 3 aromatic rings. The number of para-hydroxylation sites is 2. The molecule has 5 heteroatoms. The summed E-state index contributed by atoms with van der Waals surface area (Å²) in [6.07, 6.45) is 2.64. The van der Waals surface area contributed by atoms with Gasteiger partial charge < -0.3 is 15.0 Å². The summed E-state index contributed by atoms with van der Waals surface area (Å²) in [6, 6.07) is 16.1. The molecule has 0 aliphatic carbocycles. The summed E-state index contributed by atoms with van der Waals surface area (Å²) in [5.41, 5.74) is 4.08. The first-order chi connectivity index (χ1) is 12.3. The van der Waals surface area contributed by atoms with E-state index in [1.165, 1.54) is 0 Å². The zero-order valence-corrected chi connectivity index (χ0v) is 14.0. The van der Waals surface area contributed by atoms with E-state index in [4.69, 9.17) is 4.74 Å². The molecule has 0 radical (unpaired) electrons. The Kier molecular flexibility index (Phi) is 4.48. The van der Waals surface area contributed by atoms with E-state index in [9.17, 15) is 4.79 Å². The first-order valence-corrected chi connectivity index (χ1v) is 8.73. The van der Waals surface area contributed by atoms with Gasteiger partial charge in [-0.2, -0.15) is 0 Å². The Labute approximate surface area is 146 Å². The van der Waals surface area contributed by atoms with E-state index < -0.39 is 0 Å². The van der Waals surface area contributed by atoms with Crippen molar-refractivity contribution in [3.63, 3.8) is 0 Å². The highest BCUT2D eigenvalue weighted by Crippen LogP contribution is 2.20. The van der Waals surface area contributed by atoms with E-state index in [0.29, 0.717) is 13.2 Å². The van der Waals surface area contributed by atoms with Gasteiger partial charge in [-0.15, -0.1) is 0 Å². The first kappa shape index (κ1) is 15.8. The van der Waals surface area contributed by atoms with Crippen molar-refractivity contribution in [1.29, 1.82) is 0 Å². The van der Waals surface area contributed by atoms with Gasteiger partial charge >= 0.3 is 0 Å². The number of nitrogens with one attached hydrogen (secondary N) is 2. The predicted molar refractivity (Wildman–Crippen MR) is 97.0 cm³/mol. The zero-order valence-electron chi connectivity index (χ0n) is 14.0. The monoisotopic (exact) mass is 335 g/mol. The van der Waals surface area contributed by atoms with Gasteiger partial charge in [-0.1, -0.05) is 36.4 Å². The Hall–Kier alpha value is -2.66. The maximum atomic E-state index is 12.1. The van der Waals surface area contributed by atoms with E-state index in [-0.39, 0.29) is 12.0 Å². The molecule has 2 N–H and O–H groups in total. The molecule has 1 unspecified atom stereocenters. The molecule has 2 aromatic carbocycles. The van der Waals surface area contributed by atoms with Gasteiger partial charge in [0.15, 0.2) is 0 Å². The lowest BCUT2D eigenvalue weighted by Gasteiger charge is -2.21. The van der Waals surface area contributed by atoms with Crippen LogP contribution in [0.4, 0.5) is 0 Å². The molecule has 4 rings (SSSR count). The lowest BCUT2D eigenvalue weighted by atomic mass is 10.1. The molecule has 128 valence electrons. The minimum absolute atomic E-state index is 0.0129. The number of ether oxygens (including phenoxy) is 1. The fourth-order valence-electron chi connectivity index (χ4n) is 3.12. The molecular weight excluding hydrogens is 314 g/mol. The van der Waals surface area contributed by atoms with Crippen LogP contribution in [-0.2, 0) is 16.1 Å². The number of amides is 1. The molecule has 1 aromatic heterocycles. The summed E-state index contributed by atoms with van der Waals surface area (Å²) < 4.78 is 5.51. The Morgan fingerprint density at radius 2 is 2.00 bits per heavy atom. The number of aromatic amines is 1. The van der Waals surface area contributed by atoms with Gasteiger partial charge in [0.1, 0.15) is 11.9 Å². The summed E-state index contributed by atoms with van der Waals surface area (Å²) in [6.45, 7) is 1.20. The molecular formula is C20H21N3O2. The number of imidazole rings is 1. The van der Waals surface area contributed by atoms with Crippen molar-refractivity contribution in [2.45, 2.75) is 31.9 Å². The number of hydrogen-bond acceptors (Lipinski definition) is 3. The highest BCUT2D eigenvalue weighted by molar-refractivity contribution is 5.81. The molecule has 0 bridgehead atoms. The Balaban J connectivity index is 1.40. The van der Waals surface area contributed by atoms with Crippen molar-refractivity contribution < 1.29 is 9.53 Å². The lowest BCUT2D eigenvalue weighted by molar-refractivity contribution is -0.135. The van der Waals surface area contributed by atoms with E-state index in [0.717, 1.165) is 47.2 Å². The zero-order chi connectivity index (χ0) is 17.1. The van der Waals surface area contributed by atoms with Crippen LogP contribution < -0.4 is 5.32 Å². The van der Waals surface area contributed by atoms with Crippen LogP contribution >= 0.6 is 0 Å². The highest BCUT2D eigenvalue weighted by Gasteiger charge is 2.21. The number of fused-ring (bicyclic) bond motifs is 1. The van der Waals surface area contributed by atoms with Gasteiger partial charge in [0, 0.05) is 18.7 Å². The summed E-state index contributed by atoms with van der Waals surface area (Å²) >= 11 is 0. The maximum absolute atomic E-state index is 12.1. The smallest absolute Gasteiger partial charge is 0.249 e. The third-order valence-electron chi connectivity index (χ3n) is 4.56. The number of carbonyl (C=O) groups is 1. The third kappa shape index (κ3) is 3.56. The van der Waals surface area contributed by atoms with Crippen molar-refractivity contribution >= 4 is 16.9 Å². The maximum Gasteiger partial charge on any atom is 0.249 e. The topological polar surface area (TPSA) is 67.0 Å². The number of carbonyl (C=O) groups excluding carboxylic acids is 1. The van der Waals surface area contributed by atoms with Gasteiger partial charge in [0.2, 0.25) is 5.91 Å². The van der Waals surface area contributed by atoms with E-state index in [1.54, 1.807) is 0 Å². The SMILES string of the molecule is O=C(NCc1ccc(-c2nc3ccccc3[nH]2)cc1)C1CCCCO1. The summed E-state index contributed by atoms with van der Waals surface area (Å²) in [4.78, 5) is 20.0. The van der Waals surface area contributed by atoms with Crippen molar-refractivity contribution in [3.8, 4) is 11.4 Å². The predicted octanol–water partition coefficient (Wildman–Crippen LogP) is 3.42. The number of nitrogens with zero attached hydrogens (tertiary/aromatic N) is 1. The van der Waals surface area contributed by atoms with Crippen LogP contribution in [0.25, 0.3) is 22.4 Å². The van der Waals surface area contributed by atoms with Crippen LogP contribution in [0, 0.1) is 0 Å². The van der Waals surface area contributed by atoms with Crippen LogP contribution in [0.5, 0.6) is 0 Å². The molecule has 0 saturated carbocycles. The second-order valence-electron chi connectivity index (χ2n) is 6.37. The Morgan fingerprint density at radius 3 is 2.76 bits per heavy atom. The number of benzene rings is 2. The van der Waals surface area contributed by atoms with E-state index >= 15 is 0 Å². The molecule has 1 aliphatic heterocycles. The molecule has 5 nitrogen and oxygen atoms in total.